The zero-order chi connectivity index (χ0) is 12.1. The lowest BCUT2D eigenvalue weighted by Gasteiger charge is -2.38. The first-order valence-corrected chi connectivity index (χ1v) is 7.00. The number of hydrogen-bond acceptors (Lipinski definition) is 3. The largest absolute Gasteiger partial charge is 0.480 e. The van der Waals surface area contributed by atoms with Gasteiger partial charge in [-0.3, -0.25) is 4.79 Å². The molecule has 1 aliphatic rings. The normalized spacial score (nSPS) is 25.5. The van der Waals surface area contributed by atoms with Crippen molar-refractivity contribution in [2.75, 3.05) is 12.0 Å². The van der Waals surface area contributed by atoms with Gasteiger partial charge >= 0.3 is 5.97 Å². The molecule has 0 saturated carbocycles. The molecule has 1 amide bonds. The van der Waals surface area contributed by atoms with Gasteiger partial charge in [-0.1, -0.05) is 0 Å². The second-order valence-electron chi connectivity index (χ2n) is 4.18. The maximum absolute atomic E-state index is 11.9. The lowest BCUT2D eigenvalue weighted by Crippen LogP contribution is -2.52. The lowest BCUT2D eigenvalue weighted by atomic mass is 9.96. The van der Waals surface area contributed by atoms with Crippen LogP contribution in [0.1, 0.15) is 32.6 Å². The maximum atomic E-state index is 11.9. The molecule has 16 heavy (non-hydrogen) atoms. The average molecular weight is 245 g/mol. The van der Waals surface area contributed by atoms with E-state index in [1.54, 1.807) is 16.7 Å². The van der Waals surface area contributed by atoms with Crippen molar-refractivity contribution in [2.24, 2.45) is 0 Å². The van der Waals surface area contributed by atoms with Gasteiger partial charge in [0.25, 0.3) is 0 Å². The van der Waals surface area contributed by atoms with Gasteiger partial charge in [0.1, 0.15) is 6.04 Å². The Labute approximate surface area is 100 Å². The van der Waals surface area contributed by atoms with Crippen molar-refractivity contribution in [1.29, 1.82) is 0 Å². The quantitative estimate of drug-likeness (QED) is 0.817. The van der Waals surface area contributed by atoms with Crippen molar-refractivity contribution < 1.29 is 14.7 Å². The highest BCUT2D eigenvalue weighted by Crippen LogP contribution is 2.24. The fourth-order valence-electron chi connectivity index (χ4n) is 2.17. The third kappa shape index (κ3) is 3.14. The number of likely N-dealkylation sites (tertiary alicyclic amines) is 1. The number of aliphatic carboxylic acids is 1. The maximum Gasteiger partial charge on any atom is 0.326 e. The number of nitrogens with zero attached hydrogens (tertiary/aromatic N) is 1. The number of carboxylic acids is 1. The molecule has 0 aromatic heterocycles. The molecule has 5 heteroatoms. The highest BCUT2D eigenvalue weighted by atomic mass is 32.2. The molecule has 1 saturated heterocycles. The monoisotopic (exact) mass is 245 g/mol. The van der Waals surface area contributed by atoms with E-state index in [1.165, 1.54) is 0 Å². The summed E-state index contributed by atoms with van der Waals surface area (Å²) >= 11 is 1.61. The van der Waals surface area contributed by atoms with Crippen molar-refractivity contribution in [3.8, 4) is 0 Å². The molecule has 0 aliphatic carbocycles. The Bertz CT molecular complexity index is 270. The number of hydrogen-bond donors (Lipinski definition) is 1. The highest BCUT2D eigenvalue weighted by Gasteiger charge is 2.35. The molecule has 0 unspecified atom stereocenters. The van der Waals surface area contributed by atoms with E-state index >= 15 is 0 Å². The van der Waals surface area contributed by atoms with Gasteiger partial charge in [0.05, 0.1) is 0 Å². The second-order valence-corrected chi connectivity index (χ2v) is 5.16. The van der Waals surface area contributed by atoms with E-state index in [2.05, 4.69) is 0 Å². The molecule has 0 bridgehead atoms. The number of carboxylic acid groups (broad SMARTS) is 1. The number of piperidine rings is 1. The highest BCUT2D eigenvalue weighted by molar-refractivity contribution is 7.98. The lowest BCUT2D eigenvalue weighted by molar-refractivity contribution is -0.154. The summed E-state index contributed by atoms with van der Waals surface area (Å²) in [4.78, 5) is 24.6. The van der Waals surface area contributed by atoms with E-state index in [-0.39, 0.29) is 11.9 Å². The van der Waals surface area contributed by atoms with Crippen molar-refractivity contribution >= 4 is 23.6 Å². The van der Waals surface area contributed by atoms with Gasteiger partial charge in [-0.05, 0) is 32.4 Å². The Balaban J connectivity index is 2.69. The zero-order valence-electron chi connectivity index (χ0n) is 9.81. The summed E-state index contributed by atoms with van der Waals surface area (Å²) in [5.74, 6) is -0.132. The van der Waals surface area contributed by atoms with E-state index in [0.29, 0.717) is 12.8 Å². The average Bonchev–Trinajstić information content (AvgIpc) is 2.25. The van der Waals surface area contributed by atoms with Crippen LogP contribution < -0.4 is 0 Å². The molecule has 1 rings (SSSR count). The zero-order valence-corrected chi connectivity index (χ0v) is 10.6. The van der Waals surface area contributed by atoms with Crippen LogP contribution in [-0.2, 0) is 9.59 Å². The molecule has 0 aromatic carbocycles. The van der Waals surface area contributed by atoms with Gasteiger partial charge in [0.2, 0.25) is 5.91 Å². The van der Waals surface area contributed by atoms with Crippen LogP contribution >= 0.6 is 11.8 Å². The Kier molecular flexibility index (Phi) is 5.12. The molecule has 4 nitrogen and oxygen atoms in total. The van der Waals surface area contributed by atoms with Crippen molar-refractivity contribution in [3.05, 3.63) is 0 Å². The van der Waals surface area contributed by atoms with Crippen LogP contribution in [-0.4, -0.2) is 46.0 Å². The molecule has 0 spiro atoms. The molecule has 92 valence electrons. The Morgan fingerprint density at radius 3 is 2.69 bits per heavy atom. The first-order valence-electron chi connectivity index (χ1n) is 5.60. The number of rotatable bonds is 4. The molecular weight excluding hydrogens is 226 g/mol. The summed E-state index contributed by atoms with van der Waals surface area (Å²) in [6, 6.07) is -0.553. The standard InChI is InChI=1S/C11H19NO3S/c1-8-4-3-5-9(11(14)15)12(8)10(13)6-7-16-2/h8-9H,3-7H2,1-2H3,(H,14,15)/t8-,9+/m1/s1. The molecule has 0 aromatic rings. The van der Waals surface area contributed by atoms with Crippen LogP contribution in [0.3, 0.4) is 0 Å². The third-order valence-corrected chi connectivity index (χ3v) is 3.62. The van der Waals surface area contributed by atoms with Crippen LogP contribution in [0.5, 0.6) is 0 Å². The number of amides is 1. The predicted octanol–water partition coefficient (Wildman–Crippen LogP) is 1.59. The van der Waals surface area contributed by atoms with Gasteiger partial charge in [-0.15, -0.1) is 0 Å². The van der Waals surface area contributed by atoms with E-state index in [9.17, 15) is 9.59 Å². The van der Waals surface area contributed by atoms with Crippen molar-refractivity contribution in [3.63, 3.8) is 0 Å². The Hall–Kier alpha value is -0.710. The Morgan fingerprint density at radius 1 is 1.44 bits per heavy atom. The number of thioether (sulfide) groups is 1. The van der Waals surface area contributed by atoms with Crippen molar-refractivity contribution in [2.45, 2.75) is 44.7 Å². The minimum absolute atomic E-state index is 0.0195. The first-order chi connectivity index (χ1) is 7.57. The number of carbonyl (C=O) groups excluding carboxylic acids is 1. The van der Waals surface area contributed by atoms with Crippen molar-refractivity contribution in [1.82, 2.24) is 4.90 Å². The van der Waals surface area contributed by atoms with Crippen LogP contribution in [0.2, 0.25) is 0 Å². The molecule has 1 aliphatic heterocycles. The number of carbonyl (C=O) groups is 2. The van der Waals surface area contributed by atoms with Crippen LogP contribution in [0, 0.1) is 0 Å². The van der Waals surface area contributed by atoms with Gasteiger partial charge in [0.15, 0.2) is 0 Å². The van der Waals surface area contributed by atoms with E-state index in [4.69, 9.17) is 5.11 Å². The smallest absolute Gasteiger partial charge is 0.326 e. The van der Waals surface area contributed by atoms with Crippen LogP contribution in [0.4, 0.5) is 0 Å². The molecule has 1 heterocycles. The van der Waals surface area contributed by atoms with Gasteiger partial charge in [-0.2, -0.15) is 11.8 Å². The Morgan fingerprint density at radius 2 is 2.12 bits per heavy atom. The fourth-order valence-corrected chi connectivity index (χ4v) is 2.55. The SMILES string of the molecule is CSCCC(=O)N1[C@H](C)CCC[C@H]1C(=O)O. The summed E-state index contributed by atoms with van der Waals surface area (Å²) < 4.78 is 0. The summed E-state index contributed by atoms with van der Waals surface area (Å²) in [6.45, 7) is 1.94. The van der Waals surface area contributed by atoms with Crippen LogP contribution in [0.25, 0.3) is 0 Å². The molecule has 1 fully saturated rings. The van der Waals surface area contributed by atoms with Gasteiger partial charge < -0.3 is 10.0 Å². The van der Waals surface area contributed by atoms with E-state index < -0.39 is 12.0 Å². The van der Waals surface area contributed by atoms with E-state index in [1.807, 2.05) is 13.2 Å². The topological polar surface area (TPSA) is 57.6 Å². The minimum atomic E-state index is -0.871. The predicted molar refractivity (Wildman–Crippen MR) is 64.6 cm³/mol. The third-order valence-electron chi connectivity index (χ3n) is 3.00. The second kappa shape index (κ2) is 6.13. The summed E-state index contributed by atoms with van der Waals surface area (Å²) in [7, 11) is 0. The summed E-state index contributed by atoms with van der Waals surface area (Å²) in [5.41, 5.74) is 0. The molecule has 2 atom stereocenters. The molecule has 0 radical (unpaired) electrons. The molecular formula is C11H19NO3S. The van der Waals surface area contributed by atoms with Gasteiger partial charge in [0, 0.05) is 18.2 Å². The first kappa shape index (κ1) is 13.4. The van der Waals surface area contributed by atoms with E-state index in [0.717, 1.165) is 18.6 Å². The summed E-state index contributed by atoms with van der Waals surface area (Å²) in [6.07, 6.45) is 4.78. The summed E-state index contributed by atoms with van der Waals surface area (Å²) in [5, 5.41) is 9.10. The van der Waals surface area contributed by atoms with Gasteiger partial charge in [-0.25, -0.2) is 4.79 Å². The fraction of sp³-hybridized carbons (Fsp3) is 0.818. The van der Waals surface area contributed by atoms with Crippen LogP contribution in [0.15, 0.2) is 0 Å². The minimum Gasteiger partial charge on any atom is -0.480 e. The molecule has 1 N–H and O–H groups in total.